The third-order valence-corrected chi connectivity index (χ3v) is 2.11. The minimum atomic E-state index is -0.193. The Morgan fingerprint density at radius 3 is 2.38 bits per heavy atom. The van der Waals surface area contributed by atoms with Gasteiger partial charge in [-0.25, -0.2) is 4.39 Å². The van der Waals surface area contributed by atoms with Gasteiger partial charge in [-0.05, 0) is 61.6 Å². The second-order valence-electron chi connectivity index (χ2n) is 4.00. The van der Waals surface area contributed by atoms with Crippen LogP contribution in [-0.2, 0) is 0 Å². The van der Waals surface area contributed by atoms with Gasteiger partial charge in [0.15, 0.2) is 0 Å². The van der Waals surface area contributed by atoms with Crippen LogP contribution in [0.15, 0.2) is 18.2 Å². The molecule has 0 amide bonds. The summed E-state index contributed by atoms with van der Waals surface area (Å²) in [5.74, 6) is -0.193. The highest BCUT2D eigenvalue weighted by molar-refractivity contribution is 14.1. The van der Waals surface area contributed by atoms with Gasteiger partial charge in [-0.15, -0.1) is 0 Å². The van der Waals surface area contributed by atoms with Crippen LogP contribution in [0, 0.1) is 9.39 Å². The Morgan fingerprint density at radius 2 is 1.92 bits per heavy atom. The summed E-state index contributed by atoms with van der Waals surface area (Å²) < 4.78 is 14.2. The molecule has 13 heavy (non-hydrogen) atoms. The quantitative estimate of drug-likeness (QED) is 0.779. The lowest BCUT2D eigenvalue weighted by molar-refractivity contribution is 0.597. The molecule has 0 atom stereocenters. The van der Waals surface area contributed by atoms with E-state index >= 15 is 0 Å². The maximum Gasteiger partial charge on any atom is 0.147 e. The van der Waals surface area contributed by atoms with Crippen molar-refractivity contribution in [3.63, 3.8) is 0 Å². The molecule has 0 saturated heterocycles. The van der Waals surface area contributed by atoms with Crippen molar-refractivity contribution in [2.75, 3.05) is 5.32 Å². The van der Waals surface area contributed by atoms with Crippen LogP contribution in [0.5, 0.6) is 0 Å². The van der Waals surface area contributed by atoms with Gasteiger partial charge in [-0.3, -0.25) is 0 Å². The first kappa shape index (κ1) is 10.8. The number of anilines is 1. The first-order valence-electron chi connectivity index (χ1n) is 4.12. The van der Waals surface area contributed by atoms with Crippen LogP contribution in [0.3, 0.4) is 0 Å². The minimum absolute atomic E-state index is 0.104. The maximum absolute atomic E-state index is 13.3. The fourth-order valence-electron chi connectivity index (χ4n) is 0.995. The average molecular weight is 293 g/mol. The topological polar surface area (TPSA) is 12.0 Å². The van der Waals surface area contributed by atoms with E-state index in [1.165, 1.54) is 6.07 Å². The molecule has 0 aromatic heterocycles. The van der Waals surface area contributed by atoms with E-state index in [0.717, 1.165) is 3.57 Å². The van der Waals surface area contributed by atoms with E-state index in [2.05, 4.69) is 27.9 Å². The maximum atomic E-state index is 13.3. The van der Waals surface area contributed by atoms with Gasteiger partial charge >= 0.3 is 0 Å². The standard InChI is InChI=1S/C10H13FIN/c1-10(2,3)13-9-5-4-7(12)6-8(9)11/h4-6,13H,1-3H3. The van der Waals surface area contributed by atoms with Crippen molar-refractivity contribution in [2.45, 2.75) is 26.3 Å². The predicted molar refractivity (Wildman–Crippen MR) is 62.5 cm³/mol. The molecule has 0 aliphatic carbocycles. The van der Waals surface area contributed by atoms with E-state index in [1.807, 2.05) is 26.8 Å². The molecule has 0 spiro atoms. The number of rotatable bonds is 1. The number of hydrogen-bond donors (Lipinski definition) is 1. The van der Waals surface area contributed by atoms with Crippen LogP contribution in [-0.4, -0.2) is 5.54 Å². The summed E-state index contributed by atoms with van der Waals surface area (Å²) in [6.07, 6.45) is 0. The molecule has 0 bridgehead atoms. The molecule has 0 fully saturated rings. The zero-order valence-corrected chi connectivity index (χ0v) is 10.1. The Hall–Kier alpha value is -0.320. The van der Waals surface area contributed by atoms with Gasteiger partial charge in [0.25, 0.3) is 0 Å². The van der Waals surface area contributed by atoms with Crippen LogP contribution in [0.4, 0.5) is 10.1 Å². The lowest BCUT2D eigenvalue weighted by atomic mass is 10.1. The summed E-state index contributed by atoms with van der Waals surface area (Å²) in [4.78, 5) is 0. The van der Waals surface area contributed by atoms with Gasteiger partial charge in [0.1, 0.15) is 5.82 Å². The summed E-state index contributed by atoms with van der Waals surface area (Å²) in [5, 5.41) is 3.10. The zero-order valence-electron chi connectivity index (χ0n) is 7.99. The normalized spacial score (nSPS) is 11.5. The Labute approximate surface area is 91.9 Å². The van der Waals surface area contributed by atoms with Gasteiger partial charge in [0, 0.05) is 9.11 Å². The molecule has 0 aliphatic heterocycles. The lowest BCUT2D eigenvalue weighted by Gasteiger charge is -2.22. The van der Waals surface area contributed by atoms with Crippen LogP contribution >= 0.6 is 22.6 Å². The van der Waals surface area contributed by atoms with Gasteiger partial charge in [-0.2, -0.15) is 0 Å². The fraction of sp³-hybridized carbons (Fsp3) is 0.400. The molecule has 1 N–H and O–H groups in total. The van der Waals surface area contributed by atoms with Crippen molar-refractivity contribution in [1.29, 1.82) is 0 Å². The van der Waals surface area contributed by atoms with Crippen molar-refractivity contribution < 1.29 is 4.39 Å². The van der Waals surface area contributed by atoms with Crippen molar-refractivity contribution in [3.8, 4) is 0 Å². The third-order valence-electron chi connectivity index (χ3n) is 1.44. The van der Waals surface area contributed by atoms with Crippen molar-refractivity contribution in [1.82, 2.24) is 0 Å². The van der Waals surface area contributed by atoms with Crippen LogP contribution in [0.25, 0.3) is 0 Å². The highest BCUT2D eigenvalue weighted by atomic mass is 127. The predicted octanol–water partition coefficient (Wildman–Crippen LogP) is 3.64. The molecule has 1 nitrogen and oxygen atoms in total. The van der Waals surface area contributed by atoms with Gasteiger partial charge < -0.3 is 5.32 Å². The average Bonchev–Trinajstić information content (AvgIpc) is 1.93. The van der Waals surface area contributed by atoms with Crippen LogP contribution < -0.4 is 5.32 Å². The monoisotopic (exact) mass is 293 g/mol. The summed E-state index contributed by atoms with van der Waals surface area (Å²) in [6.45, 7) is 6.01. The molecule has 0 radical (unpaired) electrons. The highest BCUT2D eigenvalue weighted by Crippen LogP contribution is 2.20. The van der Waals surface area contributed by atoms with E-state index in [4.69, 9.17) is 0 Å². The minimum Gasteiger partial charge on any atom is -0.378 e. The van der Waals surface area contributed by atoms with E-state index in [1.54, 1.807) is 6.07 Å². The summed E-state index contributed by atoms with van der Waals surface area (Å²) in [7, 11) is 0. The Bertz CT molecular complexity index is 304. The van der Waals surface area contributed by atoms with Crippen LogP contribution in [0.2, 0.25) is 0 Å². The molecule has 0 unspecified atom stereocenters. The number of hydrogen-bond acceptors (Lipinski definition) is 1. The molecule has 0 aliphatic rings. The van der Waals surface area contributed by atoms with Crippen LogP contribution in [0.1, 0.15) is 20.8 Å². The number of halogens is 2. The first-order valence-corrected chi connectivity index (χ1v) is 5.19. The number of benzene rings is 1. The molecule has 0 heterocycles. The zero-order chi connectivity index (χ0) is 10.1. The Balaban J connectivity index is 2.90. The molecule has 1 aromatic carbocycles. The molecular weight excluding hydrogens is 280 g/mol. The Morgan fingerprint density at radius 1 is 1.31 bits per heavy atom. The van der Waals surface area contributed by atoms with E-state index in [9.17, 15) is 4.39 Å². The molecular formula is C10H13FIN. The van der Waals surface area contributed by atoms with Gasteiger partial charge in [0.2, 0.25) is 0 Å². The summed E-state index contributed by atoms with van der Waals surface area (Å²) in [6, 6.07) is 5.18. The second kappa shape index (κ2) is 3.82. The third kappa shape index (κ3) is 3.50. The van der Waals surface area contributed by atoms with Crippen molar-refractivity contribution in [2.24, 2.45) is 0 Å². The summed E-state index contributed by atoms with van der Waals surface area (Å²) >= 11 is 2.09. The van der Waals surface area contributed by atoms with Crippen molar-refractivity contribution in [3.05, 3.63) is 27.6 Å². The largest absolute Gasteiger partial charge is 0.378 e. The Kier molecular flexibility index (Phi) is 3.16. The van der Waals surface area contributed by atoms with E-state index in [-0.39, 0.29) is 11.4 Å². The van der Waals surface area contributed by atoms with Crippen molar-refractivity contribution >= 4 is 28.3 Å². The molecule has 72 valence electrons. The molecule has 0 saturated carbocycles. The molecule has 3 heteroatoms. The van der Waals surface area contributed by atoms with E-state index < -0.39 is 0 Å². The highest BCUT2D eigenvalue weighted by Gasteiger charge is 2.11. The summed E-state index contributed by atoms with van der Waals surface area (Å²) in [5.41, 5.74) is 0.459. The molecule has 1 aromatic rings. The van der Waals surface area contributed by atoms with E-state index in [0.29, 0.717) is 5.69 Å². The molecule has 1 rings (SSSR count). The first-order chi connectivity index (χ1) is 5.88. The number of nitrogens with one attached hydrogen (secondary N) is 1. The fourth-order valence-corrected chi connectivity index (χ4v) is 1.45. The lowest BCUT2D eigenvalue weighted by Crippen LogP contribution is -2.26. The van der Waals surface area contributed by atoms with Gasteiger partial charge in [0.05, 0.1) is 5.69 Å². The second-order valence-corrected chi connectivity index (χ2v) is 5.24. The SMILES string of the molecule is CC(C)(C)Nc1ccc(I)cc1F. The van der Waals surface area contributed by atoms with Gasteiger partial charge in [-0.1, -0.05) is 0 Å². The smallest absolute Gasteiger partial charge is 0.147 e.